The lowest BCUT2D eigenvalue weighted by atomic mass is 10.0. The van der Waals surface area contributed by atoms with Gasteiger partial charge in [0, 0.05) is 18.3 Å². The lowest BCUT2D eigenvalue weighted by Crippen LogP contribution is -2.40. The van der Waals surface area contributed by atoms with E-state index in [1.165, 1.54) is 0 Å². The summed E-state index contributed by atoms with van der Waals surface area (Å²) in [6.07, 6.45) is 3.85. The molecule has 1 heterocycles. The number of aromatic amines is 1. The van der Waals surface area contributed by atoms with Gasteiger partial charge in [-0.25, -0.2) is 4.98 Å². The minimum absolute atomic E-state index is 0.0941. The van der Waals surface area contributed by atoms with Crippen molar-refractivity contribution in [1.82, 2.24) is 15.3 Å². The van der Waals surface area contributed by atoms with Crippen LogP contribution in [0.5, 0.6) is 0 Å². The number of aromatic nitrogens is 2. The molecule has 0 radical (unpaired) electrons. The Morgan fingerprint density at radius 2 is 2.05 bits per heavy atom. The van der Waals surface area contributed by atoms with E-state index in [1.54, 1.807) is 6.92 Å². The topological polar surface area (TPSA) is 78.0 Å². The third kappa shape index (κ3) is 3.22. The fourth-order valence-corrected chi connectivity index (χ4v) is 2.90. The van der Waals surface area contributed by atoms with Gasteiger partial charge >= 0.3 is 0 Å². The second kappa shape index (κ2) is 5.43. The molecule has 5 nitrogen and oxygen atoms in total. The molecule has 1 aromatic rings. The Kier molecular flexibility index (Phi) is 4.06. The first kappa shape index (κ1) is 14.2. The average Bonchev–Trinajstić information content (AvgIpc) is 2.73. The number of hydrogen-bond acceptors (Lipinski definition) is 4. The van der Waals surface area contributed by atoms with E-state index in [2.05, 4.69) is 15.3 Å². The molecule has 106 valence electrons. The molecule has 1 unspecified atom stereocenters. The molecule has 1 aliphatic rings. The minimum Gasteiger partial charge on any atom is -0.389 e. The second-order valence-electron chi connectivity index (χ2n) is 5.68. The molecule has 1 aromatic heterocycles. The SMILES string of the molecule is Cc1nc(C)c(C(C)NCC2(O)CCCC2)c(=O)[nH]1. The van der Waals surface area contributed by atoms with Crippen molar-refractivity contribution < 1.29 is 5.11 Å². The van der Waals surface area contributed by atoms with Gasteiger partial charge in [0.25, 0.3) is 5.56 Å². The van der Waals surface area contributed by atoms with Crippen molar-refractivity contribution in [3.05, 3.63) is 27.4 Å². The van der Waals surface area contributed by atoms with E-state index >= 15 is 0 Å². The van der Waals surface area contributed by atoms with Gasteiger partial charge in [0.05, 0.1) is 11.2 Å². The molecule has 1 saturated carbocycles. The van der Waals surface area contributed by atoms with Gasteiger partial charge in [-0.15, -0.1) is 0 Å². The molecular weight excluding hydrogens is 242 g/mol. The van der Waals surface area contributed by atoms with Gasteiger partial charge in [0.2, 0.25) is 0 Å². The van der Waals surface area contributed by atoms with Crippen LogP contribution < -0.4 is 10.9 Å². The van der Waals surface area contributed by atoms with Gasteiger partial charge in [-0.3, -0.25) is 4.79 Å². The minimum atomic E-state index is -0.604. The maximum Gasteiger partial charge on any atom is 0.255 e. The van der Waals surface area contributed by atoms with E-state index in [9.17, 15) is 9.90 Å². The molecule has 1 fully saturated rings. The maximum absolute atomic E-state index is 12.0. The van der Waals surface area contributed by atoms with Gasteiger partial charge in [-0.1, -0.05) is 12.8 Å². The first-order valence-electron chi connectivity index (χ1n) is 6.94. The van der Waals surface area contributed by atoms with Crippen LogP contribution in [0.4, 0.5) is 0 Å². The predicted molar refractivity (Wildman–Crippen MR) is 74.2 cm³/mol. The zero-order chi connectivity index (χ0) is 14.0. The number of H-pyrrole nitrogens is 1. The fraction of sp³-hybridized carbons (Fsp3) is 0.714. The average molecular weight is 265 g/mol. The molecule has 0 amide bonds. The number of aryl methyl sites for hydroxylation is 2. The summed E-state index contributed by atoms with van der Waals surface area (Å²) in [7, 11) is 0. The van der Waals surface area contributed by atoms with Gasteiger partial charge in [0.15, 0.2) is 0 Å². The van der Waals surface area contributed by atoms with Crippen molar-refractivity contribution in [2.24, 2.45) is 0 Å². The first-order chi connectivity index (χ1) is 8.91. The summed E-state index contributed by atoms with van der Waals surface area (Å²) in [5.41, 5.74) is 0.711. The third-order valence-electron chi connectivity index (χ3n) is 3.97. The number of rotatable bonds is 4. The van der Waals surface area contributed by atoms with E-state index in [0.29, 0.717) is 17.9 Å². The lowest BCUT2D eigenvalue weighted by Gasteiger charge is -2.25. The van der Waals surface area contributed by atoms with Crippen LogP contribution in [0.15, 0.2) is 4.79 Å². The van der Waals surface area contributed by atoms with E-state index in [4.69, 9.17) is 0 Å². The summed E-state index contributed by atoms with van der Waals surface area (Å²) >= 11 is 0. The molecule has 0 aromatic carbocycles. The Labute approximate surface area is 113 Å². The van der Waals surface area contributed by atoms with E-state index in [1.807, 2.05) is 13.8 Å². The standard InChI is InChI=1S/C14H23N3O2/c1-9(15-8-14(19)6-4-5-7-14)12-10(2)16-11(3)17-13(12)18/h9,15,19H,4-8H2,1-3H3,(H,16,17,18). The van der Waals surface area contributed by atoms with Crippen LogP contribution in [0.3, 0.4) is 0 Å². The number of nitrogens with zero attached hydrogens (tertiary/aromatic N) is 1. The normalized spacial score (nSPS) is 19.6. The number of nitrogens with one attached hydrogen (secondary N) is 2. The van der Waals surface area contributed by atoms with E-state index in [-0.39, 0.29) is 11.6 Å². The highest BCUT2D eigenvalue weighted by molar-refractivity contribution is 5.20. The Hall–Kier alpha value is -1.20. The number of aliphatic hydroxyl groups is 1. The van der Waals surface area contributed by atoms with Gasteiger partial charge in [-0.05, 0) is 33.6 Å². The van der Waals surface area contributed by atoms with E-state index in [0.717, 1.165) is 31.4 Å². The van der Waals surface area contributed by atoms with Crippen LogP contribution in [0.1, 0.15) is 55.7 Å². The smallest absolute Gasteiger partial charge is 0.255 e. The third-order valence-corrected chi connectivity index (χ3v) is 3.97. The van der Waals surface area contributed by atoms with Crippen LogP contribution in [-0.2, 0) is 0 Å². The molecular formula is C14H23N3O2. The van der Waals surface area contributed by atoms with Crippen molar-refractivity contribution in [3.63, 3.8) is 0 Å². The van der Waals surface area contributed by atoms with Crippen LogP contribution in [0.25, 0.3) is 0 Å². The van der Waals surface area contributed by atoms with Crippen molar-refractivity contribution in [2.45, 2.75) is 58.1 Å². The first-order valence-corrected chi connectivity index (χ1v) is 6.94. The molecule has 2 rings (SSSR count). The van der Waals surface area contributed by atoms with Crippen LogP contribution in [0.2, 0.25) is 0 Å². The molecule has 0 bridgehead atoms. The predicted octanol–water partition coefficient (Wildman–Crippen LogP) is 1.34. The van der Waals surface area contributed by atoms with Crippen molar-refractivity contribution in [1.29, 1.82) is 0 Å². The summed E-state index contributed by atoms with van der Waals surface area (Å²) in [5, 5.41) is 13.6. The van der Waals surface area contributed by atoms with Crippen molar-refractivity contribution in [3.8, 4) is 0 Å². The molecule has 1 aliphatic carbocycles. The number of hydrogen-bond donors (Lipinski definition) is 3. The highest BCUT2D eigenvalue weighted by Crippen LogP contribution is 2.29. The quantitative estimate of drug-likeness (QED) is 0.767. The summed E-state index contributed by atoms with van der Waals surface area (Å²) < 4.78 is 0. The van der Waals surface area contributed by atoms with Crippen molar-refractivity contribution in [2.75, 3.05) is 6.54 Å². The molecule has 0 spiro atoms. The van der Waals surface area contributed by atoms with Crippen LogP contribution in [0, 0.1) is 13.8 Å². The molecule has 5 heteroatoms. The summed E-state index contributed by atoms with van der Waals surface area (Å²) in [5.74, 6) is 0.632. The second-order valence-corrected chi connectivity index (χ2v) is 5.68. The summed E-state index contributed by atoms with van der Waals surface area (Å²) in [4.78, 5) is 19.0. The van der Waals surface area contributed by atoms with Crippen molar-refractivity contribution >= 4 is 0 Å². The lowest BCUT2D eigenvalue weighted by molar-refractivity contribution is 0.0452. The highest BCUT2D eigenvalue weighted by atomic mass is 16.3. The summed E-state index contributed by atoms with van der Waals surface area (Å²) in [6, 6.07) is -0.110. The summed E-state index contributed by atoms with van der Waals surface area (Å²) in [6.45, 7) is 6.09. The fourth-order valence-electron chi connectivity index (χ4n) is 2.90. The zero-order valence-electron chi connectivity index (χ0n) is 11.9. The molecule has 0 saturated heterocycles. The van der Waals surface area contributed by atoms with Crippen LogP contribution in [-0.4, -0.2) is 27.2 Å². The largest absolute Gasteiger partial charge is 0.389 e. The Morgan fingerprint density at radius 3 is 2.63 bits per heavy atom. The monoisotopic (exact) mass is 265 g/mol. The Morgan fingerprint density at radius 1 is 1.42 bits per heavy atom. The maximum atomic E-state index is 12.0. The van der Waals surface area contributed by atoms with E-state index < -0.39 is 5.60 Å². The molecule has 19 heavy (non-hydrogen) atoms. The van der Waals surface area contributed by atoms with Gasteiger partial charge < -0.3 is 15.4 Å². The molecule has 3 N–H and O–H groups in total. The van der Waals surface area contributed by atoms with Crippen LogP contribution >= 0.6 is 0 Å². The Bertz CT molecular complexity index is 504. The van der Waals surface area contributed by atoms with Gasteiger partial charge in [-0.2, -0.15) is 0 Å². The van der Waals surface area contributed by atoms with Gasteiger partial charge in [0.1, 0.15) is 5.82 Å². The zero-order valence-corrected chi connectivity index (χ0v) is 11.9. The Balaban J connectivity index is 2.08. The highest BCUT2D eigenvalue weighted by Gasteiger charge is 2.31. The molecule has 0 aliphatic heterocycles. The molecule has 1 atom stereocenters.